The highest BCUT2D eigenvalue weighted by Gasteiger charge is 2.07. The van der Waals surface area contributed by atoms with E-state index in [1.165, 1.54) is 69.8 Å². The van der Waals surface area contributed by atoms with E-state index in [1.807, 2.05) is 0 Å². The van der Waals surface area contributed by atoms with Crippen molar-refractivity contribution in [2.24, 2.45) is 5.92 Å². The average molecular weight is 339 g/mol. The summed E-state index contributed by atoms with van der Waals surface area (Å²) in [6.45, 7) is 2.28. The fraction of sp³-hybridized carbons (Fsp3) is 0.684. The number of rotatable bonds is 12. The molecule has 1 aromatic carbocycles. The number of hydrogen-bond donors (Lipinski definition) is 0. The van der Waals surface area contributed by atoms with Crippen LogP contribution in [0.15, 0.2) is 30.3 Å². The number of benzene rings is 1. The molecule has 0 saturated heterocycles. The molecule has 1 atom stereocenters. The molecule has 0 aromatic heterocycles. The van der Waals surface area contributed by atoms with Gasteiger partial charge in [0.15, 0.2) is 0 Å². The van der Waals surface area contributed by atoms with Crippen molar-refractivity contribution in [1.29, 1.82) is 0 Å². The van der Waals surface area contributed by atoms with Crippen molar-refractivity contribution < 1.29 is 0 Å². The van der Waals surface area contributed by atoms with Crippen LogP contribution in [0, 0.1) is 5.92 Å². The van der Waals surface area contributed by atoms with Gasteiger partial charge >= 0.3 is 0 Å². The van der Waals surface area contributed by atoms with Gasteiger partial charge in [-0.1, -0.05) is 105 Å². The number of hydrogen-bond acceptors (Lipinski definition) is 0. The first-order valence-corrected chi connectivity index (χ1v) is 9.58. The van der Waals surface area contributed by atoms with E-state index in [-0.39, 0.29) is 0 Å². The van der Waals surface area contributed by atoms with Crippen molar-refractivity contribution in [3.63, 3.8) is 0 Å². The van der Waals surface area contributed by atoms with E-state index in [1.54, 1.807) is 0 Å². The molecule has 0 heterocycles. The number of unbranched alkanes of at least 4 members (excludes halogenated alkanes) is 7. The van der Waals surface area contributed by atoms with Crippen molar-refractivity contribution >= 4 is 15.9 Å². The van der Waals surface area contributed by atoms with Gasteiger partial charge in [-0.25, -0.2) is 0 Å². The van der Waals surface area contributed by atoms with Gasteiger partial charge in [-0.3, -0.25) is 0 Å². The summed E-state index contributed by atoms with van der Waals surface area (Å²) in [4.78, 5) is 0. The normalized spacial score (nSPS) is 12.5. The summed E-state index contributed by atoms with van der Waals surface area (Å²) >= 11 is 3.68. The summed E-state index contributed by atoms with van der Waals surface area (Å²) in [5.74, 6) is 0.803. The van der Waals surface area contributed by atoms with Crippen LogP contribution < -0.4 is 0 Å². The minimum Gasteiger partial charge on any atom is -0.0925 e. The van der Waals surface area contributed by atoms with Crippen LogP contribution in [0.3, 0.4) is 0 Å². The van der Waals surface area contributed by atoms with Gasteiger partial charge in [-0.05, 0) is 24.3 Å². The summed E-state index contributed by atoms with van der Waals surface area (Å²) in [6.07, 6.45) is 13.9. The lowest BCUT2D eigenvalue weighted by atomic mass is 9.95. The molecule has 0 fully saturated rings. The van der Waals surface area contributed by atoms with E-state index >= 15 is 0 Å². The molecule has 1 heteroatoms. The first kappa shape index (κ1) is 17.8. The summed E-state index contributed by atoms with van der Waals surface area (Å²) in [6, 6.07) is 10.9. The van der Waals surface area contributed by atoms with Crippen molar-refractivity contribution in [3.8, 4) is 0 Å². The number of alkyl halides is 1. The maximum absolute atomic E-state index is 3.68. The fourth-order valence-corrected chi connectivity index (χ4v) is 3.30. The van der Waals surface area contributed by atoms with Gasteiger partial charge in [0.25, 0.3) is 0 Å². The molecule has 0 nitrogen and oxygen atoms in total. The van der Waals surface area contributed by atoms with E-state index in [4.69, 9.17) is 0 Å². The molecule has 114 valence electrons. The second kappa shape index (κ2) is 12.4. The van der Waals surface area contributed by atoms with Crippen LogP contribution in [0.1, 0.15) is 70.3 Å². The summed E-state index contributed by atoms with van der Waals surface area (Å²) in [7, 11) is 0. The maximum Gasteiger partial charge on any atom is 0.00628 e. The van der Waals surface area contributed by atoms with Crippen molar-refractivity contribution in [3.05, 3.63) is 35.9 Å². The predicted octanol–water partition coefficient (Wildman–Crippen LogP) is 6.77. The van der Waals surface area contributed by atoms with E-state index in [0.29, 0.717) is 0 Å². The highest BCUT2D eigenvalue weighted by atomic mass is 79.9. The predicted molar refractivity (Wildman–Crippen MR) is 94.7 cm³/mol. The summed E-state index contributed by atoms with van der Waals surface area (Å²) in [5, 5.41) is 1.14. The second-order valence-electron chi connectivity index (χ2n) is 5.97. The first-order chi connectivity index (χ1) is 9.86. The van der Waals surface area contributed by atoms with Crippen LogP contribution in [-0.2, 0) is 6.42 Å². The van der Waals surface area contributed by atoms with Crippen molar-refractivity contribution in [2.45, 2.75) is 71.1 Å². The standard InChI is InChI=1S/C19H31Br/c1-2-3-4-5-6-7-8-10-15-19(17-20)16-18-13-11-9-12-14-18/h9,11-14,19H,2-8,10,15-17H2,1H3. The first-order valence-electron chi connectivity index (χ1n) is 8.46. The summed E-state index contributed by atoms with van der Waals surface area (Å²) < 4.78 is 0. The van der Waals surface area contributed by atoms with Crippen molar-refractivity contribution in [2.75, 3.05) is 5.33 Å². The Bertz CT molecular complexity index is 307. The molecular formula is C19H31Br. The van der Waals surface area contributed by atoms with Crippen LogP contribution in [-0.4, -0.2) is 5.33 Å². The third-order valence-corrected chi connectivity index (χ3v) is 4.97. The average Bonchev–Trinajstić information content (AvgIpc) is 2.49. The topological polar surface area (TPSA) is 0 Å². The molecule has 0 bridgehead atoms. The molecule has 1 aromatic rings. The molecule has 0 saturated carbocycles. The molecular weight excluding hydrogens is 308 g/mol. The van der Waals surface area contributed by atoms with Gasteiger partial charge < -0.3 is 0 Å². The Morgan fingerprint density at radius 1 is 0.850 bits per heavy atom. The lowest BCUT2D eigenvalue weighted by Gasteiger charge is -2.14. The summed E-state index contributed by atoms with van der Waals surface area (Å²) in [5.41, 5.74) is 1.48. The smallest absolute Gasteiger partial charge is 0.00628 e. The molecule has 0 amide bonds. The van der Waals surface area contributed by atoms with Crippen LogP contribution in [0.5, 0.6) is 0 Å². The molecule has 1 rings (SSSR count). The lowest BCUT2D eigenvalue weighted by Crippen LogP contribution is -2.06. The zero-order valence-corrected chi connectivity index (χ0v) is 14.7. The minimum atomic E-state index is 0.803. The van der Waals surface area contributed by atoms with Gasteiger partial charge in [0, 0.05) is 5.33 Å². The van der Waals surface area contributed by atoms with E-state index in [0.717, 1.165) is 11.2 Å². The van der Waals surface area contributed by atoms with E-state index < -0.39 is 0 Å². The molecule has 0 N–H and O–H groups in total. The van der Waals surface area contributed by atoms with Gasteiger partial charge in [-0.15, -0.1) is 0 Å². The monoisotopic (exact) mass is 338 g/mol. The van der Waals surface area contributed by atoms with E-state index in [9.17, 15) is 0 Å². The quantitative estimate of drug-likeness (QED) is 0.291. The molecule has 20 heavy (non-hydrogen) atoms. The van der Waals surface area contributed by atoms with E-state index in [2.05, 4.69) is 53.2 Å². The molecule has 0 aliphatic carbocycles. The van der Waals surface area contributed by atoms with Crippen LogP contribution in [0.25, 0.3) is 0 Å². The molecule has 0 aliphatic rings. The SMILES string of the molecule is CCCCCCCCCCC(CBr)Cc1ccccc1. The van der Waals surface area contributed by atoms with Crippen LogP contribution >= 0.6 is 15.9 Å². The molecule has 1 unspecified atom stereocenters. The Balaban J connectivity index is 2.04. The molecule has 0 aliphatic heterocycles. The van der Waals surface area contributed by atoms with Gasteiger partial charge in [0.05, 0.1) is 0 Å². The molecule has 0 spiro atoms. The second-order valence-corrected chi connectivity index (χ2v) is 6.62. The third-order valence-electron chi connectivity index (χ3n) is 4.05. The Hall–Kier alpha value is -0.300. The minimum absolute atomic E-state index is 0.803. The Morgan fingerprint density at radius 2 is 1.45 bits per heavy atom. The van der Waals surface area contributed by atoms with Crippen LogP contribution in [0.4, 0.5) is 0 Å². The highest BCUT2D eigenvalue weighted by molar-refractivity contribution is 9.09. The fourth-order valence-electron chi connectivity index (χ4n) is 2.75. The maximum atomic E-state index is 3.68. The van der Waals surface area contributed by atoms with Gasteiger partial charge in [0.2, 0.25) is 0 Å². The zero-order valence-electron chi connectivity index (χ0n) is 13.1. The highest BCUT2D eigenvalue weighted by Crippen LogP contribution is 2.19. The Kier molecular flexibility index (Phi) is 11.0. The zero-order chi connectivity index (χ0) is 14.5. The van der Waals surface area contributed by atoms with Gasteiger partial charge in [-0.2, -0.15) is 0 Å². The van der Waals surface area contributed by atoms with Gasteiger partial charge in [0.1, 0.15) is 0 Å². The van der Waals surface area contributed by atoms with Crippen LogP contribution in [0.2, 0.25) is 0 Å². The lowest BCUT2D eigenvalue weighted by molar-refractivity contribution is 0.486. The molecule has 0 radical (unpaired) electrons. The Labute approximate surface area is 134 Å². The third kappa shape index (κ3) is 8.79. The largest absolute Gasteiger partial charge is 0.0925 e. The number of halogens is 1. The van der Waals surface area contributed by atoms with Crippen molar-refractivity contribution in [1.82, 2.24) is 0 Å². The Morgan fingerprint density at radius 3 is 2.05 bits per heavy atom.